The first-order valence-corrected chi connectivity index (χ1v) is 7.55. The van der Waals surface area contributed by atoms with Crippen molar-refractivity contribution < 1.29 is 9.90 Å². The molecule has 0 saturated carbocycles. The van der Waals surface area contributed by atoms with Gasteiger partial charge >= 0.3 is 5.97 Å². The summed E-state index contributed by atoms with van der Waals surface area (Å²) in [6.45, 7) is 4.35. The van der Waals surface area contributed by atoms with Crippen LogP contribution in [-0.2, 0) is 13.0 Å². The smallest absolute Gasteiger partial charge is 0.347 e. The van der Waals surface area contributed by atoms with E-state index >= 15 is 0 Å². The molecule has 1 N–H and O–H groups in total. The van der Waals surface area contributed by atoms with E-state index < -0.39 is 5.97 Å². The highest BCUT2D eigenvalue weighted by atomic mass is 32.1. The minimum Gasteiger partial charge on any atom is -0.477 e. The van der Waals surface area contributed by atoms with E-state index in [1.807, 2.05) is 24.3 Å². The van der Waals surface area contributed by atoms with Crippen molar-refractivity contribution in [1.82, 2.24) is 14.5 Å². The molecule has 3 rings (SSSR count). The Bertz CT molecular complexity index is 820. The fourth-order valence-corrected chi connectivity index (χ4v) is 3.32. The monoisotopic (exact) mass is 301 g/mol. The van der Waals surface area contributed by atoms with Crippen LogP contribution in [-0.4, -0.2) is 25.6 Å². The second kappa shape index (κ2) is 5.29. The predicted molar refractivity (Wildman–Crippen MR) is 82.0 cm³/mol. The first-order valence-electron chi connectivity index (χ1n) is 6.74. The van der Waals surface area contributed by atoms with Gasteiger partial charge in [0, 0.05) is 6.42 Å². The lowest BCUT2D eigenvalue weighted by molar-refractivity contribution is 0.0701. The van der Waals surface area contributed by atoms with Crippen molar-refractivity contribution in [1.29, 1.82) is 0 Å². The Labute approximate surface area is 125 Å². The van der Waals surface area contributed by atoms with E-state index in [1.54, 1.807) is 6.92 Å². The lowest BCUT2D eigenvalue weighted by atomic mass is 10.3. The van der Waals surface area contributed by atoms with Gasteiger partial charge in [-0.25, -0.2) is 14.8 Å². The standard InChI is InChI=1S/C15H15N3O2S/c1-3-12-17-10-6-4-5-7-11(10)18(12)8-13-16-9(2)14(21-13)15(19)20/h4-7H,3,8H2,1-2H3,(H,19,20). The van der Waals surface area contributed by atoms with Crippen LogP contribution in [0.4, 0.5) is 0 Å². The number of aromatic carboxylic acids is 1. The lowest BCUT2D eigenvalue weighted by Crippen LogP contribution is -2.04. The van der Waals surface area contributed by atoms with Crippen molar-refractivity contribution in [3.8, 4) is 0 Å². The number of carbonyl (C=O) groups is 1. The van der Waals surface area contributed by atoms with Crippen LogP contribution >= 0.6 is 11.3 Å². The Balaban J connectivity index is 2.05. The van der Waals surface area contributed by atoms with Crippen molar-refractivity contribution in [2.75, 3.05) is 0 Å². The Morgan fingerprint density at radius 2 is 2.10 bits per heavy atom. The number of nitrogens with zero attached hydrogens (tertiary/aromatic N) is 3. The molecule has 0 aliphatic carbocycles. The summed E-state index contributed by atoms with van der Waals surface area (Å²) in [6, 6.07) is 7.96. The number of carboxylic acids is 1. The van der Waals surface area contributed by atoms with Crippen molar-refractivity contribution in [2.24, 2.45) is 0 Å². The van der Waals surface area contributed by atoms with Crippen LogP contribution in [0.2, 0.25) is 0 Å². The van der Waals surface area contributed by atoms with E-state index in [9.17, 15) is 4.79 Å². The van der Waals surface area contributed by atoms with Crippen molar-refractivity contribution in [3.63, 3.8) is 0 Å². The lowest BCUT2D eigenvalue weighted by Gasteiger charge is -2.05. The molecular weight excluding hydrogens is 286 g/mol. The molecule has 2 aromatic heterocycles. The van der Waals surface area contributed by atoms with E-state index in [-0.39, 0.29) is 0 Å². The van der Waals surface area contributed by atoms with Gasteiger partial charge in [0.25, 0.3) is 0 Å². The average molecular weight is 301 g/mol. The fourth-order valence-electron chi connectivity index (χ4n) is 2.43. The molecule has 2 heterocycles. The molecule has 0 fully saturated rings. The average Bonchev–Trinajstić information content (AvgIpc) is 3.00. The molecule has 0 aliphatic rings. The quantitative estimate of drug-likeness (QED) is 0.804. The number of benzene rings is 1. The number of para-hydroxylation sites is 2. The number of aryl methyl sites for hydroxylation is 2. The molecule has 1 aromatic carbocycles. The van der Waals surface area contributed by atoms with Gasteiger partial charge in [0.05, 0.1) is 23.3 Å². The minimum absolute atomic E-state index is 0.312. The first-order chi connectivity index (χ1) is 10.1. The second-order valence-electron chi connectivity index (χ2n) is 4.78. The van der Waals surface area contributed by atoms with Gasteiger partial charge in [0.1, 0.15) is 15.7 Å². The number of aromatic nitrogens is 3. The van der Waals surface area contributed by atoms with Gasteiger partial charge in [-0.15, -0.1) is 11.3 Å². The van der Waals surface area contributed by atoms with Gasteiger partial charge < -0.3 is 9.67 Å². The number of hydrogen-bond acceptors (Lipinski definition) is 4. The Morgan fingerprint density at radius 1 is 1.33 bits per heavy atom. The number of rotatable bonds is 4. The summed E-state index contributed by atoms with van der Waals surface area (Å²) in [4.78, 5) is 20.4. The van der Waals surface area contributed by atoms with Crippen molar-refractivity contribution in [3.05, 3.63) is 45.7 Å². The van der Waals surface area contributed by atoms with Crippen LogP contribution in [0.3, 0.4) is 0 Å². The molecule has 0 bridgehead atoms. The van der Waals surface area contributed by atoms with Crippen molar-refractivity contribution in [2.45, 2.75) is 26.8 Å². The highest BCUT2D eigenvalue weighted by Gasteiger charge is 2.16. The molecule has 0 radical (unpaired) electrons. The molecular formula is C15H15N3O2S. The molecule has 0 saturated heterocycles. The number of carboxylic acid groups (broad SMARTS) is 1. The molecule has 3 aromatic rings. The maximum absolute atomic E-state index is 11.1. The molecule has 0 spiro atoms. The summed E-state index contributed by atoms with van der Waals surface area (Å²) in [5.74, 6) is 0.0726. The summed E-state index contributed by atoms with van der Waals surface area (Å²) >= 11 is 1.23. The molecule has 0 unspecified atom stereocenters. The largest absolute Gasteiger partial charge is 0.477 e. The maximum Gasteiger partial charge on any atom is 0.347 e. The summed E-state index contributed by atoms with van der Waals surface area (Å²) in [5.41, 5.74) is 2.59. The predicted octanol–water partition coefficient (Wildman–Crippen LogP) is 3.11. The number of hydrogen-bond donors (Lipinski definition) is 1. The summed E-state index contributed by atoms with van der Waals surface area (Å²) in [5, 5.41) is 9.92. The van der Waals surface area contributed by atoms with E-state index in [0.717, 1.165) is 28.3 Å². The number of imidazole rings is 1. The van der Waals surface area contributed by atoms with E-state index in [1.165, 1.54) is 11.3 Å². The Hall–Kier alpha value is -2.21. The maximum atomic E-state index is 11.1. The van der Waals surface area contributed by atoms with Crippen LogP contribution in [0.25, 0.3) is 11.0 Å². The third kappa shape index (κ3) is 2.42. The zero-order valence-electron chi connectivity index (χ0n) is 11.8. The third-order valence-corrected chi connectivity index (χ3v) is 4.51. The SMILES string of the molecule is CCc1nc2ccccc2n1Cc1nc(C)c(C(=O)O)s1. The molecule has 21 heavy (non-hydrogen) atoms. The first kappa shape index (κ1) is 13.8. The summed E-state index contributed by atoms with van der Waals surface area (Å²) in [6.07, 6.45) is 0.824. The molecule has 0 atom stereocenters. The van der Waals surface area contributed by atoms with E-state index in [4.69, 9.17) is 5.11 Å². The number of fused-ring (bicyclic) bond motifs is 1. The fraction of sp³-hybridized carbons (Fsp3) is 0.267. The number of thiazole rings is 1. The molecule has 108 valence electrons. The van der Waals surface area contributed by atoms with Gasteiger partial charge in [0.2, 0.25) is 0 Å². The Kier molecular flexibility index (Phi) is 3.47. The van der Waals surface area contributed by atoms with Gasteiger partial charge in [-0.1, -0.05) is 19.1 Å². The zero-order chi connectivity index (χ0) is 15.0. The molecule has 5 nitrogen and oxygen atoms in total. The Morgan fingerprint density at radius 3 is 2.76 bits per heavy atom. The third-order valence-electron chi connectivity index (χ3n) is 3.38. The topological polar surface area (TPSA) is 68.0 Å². The van der Waals surface area contributed by atoms with Crippen LogP contribution in [0, 0.1) is 6.92 Å². The van der Waals surface area contributed by atoms with Gasteiger partial charge in [-0.3, -0.25) is 0 Å². The normalized spacial score (nSPS) is 11.1. The minimum atomic E-state index is -0.914. The second-order valence-corrected chi connectivity index (χ2v) is 5.87. The van der Waals surface area contributed by atoms with Crippen molar-refractivity contribution >= 4 is 28.3 Å². The van der Waals surface area contributed by atoms with E-state index in [0.29, 0.717) is 17.1 Å². The molecule has 0 aliphatic heterocycles. The van der Waals surface area contributed by atoms with Gasteiger partial charge in [0.15, 0.2) is 0 Å². The van der Waals surface area contributed by atoms with Crippen LogP contribution in [0.5, 0.6) is 0 Å². The van der Waals surface area contributed by atoms with Crippen LogP contribution in [0.15, 0.2) is 24.3 Å². The van der Waals surface area contributed by atoms with Gasteiger partial charge in [-0.2, -0.15) is 0 Å². The summed E-state index contributed by atoms with van der Waals surface area (Å²) < 4.78 is 2.11. The summed E-state index contributed by atoms with van der Waals surface area (Å²) in [7, 11) is 0. The highest BCUT2D eigenvalue weighted by Crippen LogP contribution is 2.22. The molecule has 0 amide bonds. The van der Waals surface area contributed by atoms with Crippen LogP contribution < -0.4 is 0 Å². The zero-order valence-corrected chi connectivity index (χ0v) is 12.6. The molecule has 6 heteroatoms. The van der Waals surface area contributed by atoms with Crippen LogP contribution in [0.1, 0.15) is 33.1 Å². The van der Waals surface area contributed by atoms with E-state index in [2.05, 4.69) is 21.5 Å². The highest BCUT2D eigenvalue weighted by molar-refractivity contribution is 7.13. The van der Waals surface area contributed by atoms with Gasteiger partial charge in [-0.05, 0) is 19.1 Å².